The van der Waals surface area contributed by atoms with E-state index in [1.807, 2.05) is 6.92 Å². The molecule has 18 heavy (non-hydrogen) atoms. The molecule has 0 fully saturated rings. The summed E-state index contributed by atoms with van der Waals surface area (Å²) in [5.74, 6) is -0.535. The van der Waals surface area contributed by atoms with Crippen LogP contribution >= 0.6 is 0 Å². The van der Waals surface area contributed by atoms with Crippen molar-refractivity contribution in [3.05, 3.63) is 29.6 Å². The van der Waals surface area contributed by atoms with Gasteiger partial charge in [-0.3, -0.25) is 0 Å². The Balaban J connectivity index is 2.80. The molecule has 1 atom stereocenters. The standard InChI is InChI=1S/C12H19FN2O2S/c1-3-6-15-9(2)7-10-4-5-11(8-12(10)13)18(14,16)17/h4-5,8-9,15H,3,6-7H2,1-2H3,(H2,14,16,17). The summed E-state index contributed by atoms with van der Waals surface area (Å²) in [6.07, 6.45) is 1.52. The maximum atomic E-state index is 13.7. The van der Waals surface area contributed by atoms with Gasteiger partial charge in [0, 0.05) is 6.04 Å². The van der Waals surface area contributed by atoms with Crippen molar-refractivity contribution in [1.82, 2.24) is 5.32 Å². The Morgan fingerprint density at radius 3 is 2.61 bits per heavy atom. The van der Waals surface area contributed by atoms with Gasteiger partial charge in [0.1, 0.15) is 5.82 Å². The average Bonchev–Trinajstić information content (AvgIpc) is 2.27. The van der Waals surface area contributed by atoms with Crippen molar-refractivity contribution >= 4 is 10.0 Å². The summed E-state index contributed by atoms with van der Waals surface area (Å²) in [4.78, 5) is -0.196. The summed E-state index contributed by atoms with van der Waals surface area (Å²) >= 11 is 0. The van der Waals surface area contributed by atoms with Crippen molar-refractivity contribution in [2.24, 2.45) is 5.14 Å². The van der Waals surface area contributed by atoms with E-state index in [1.54, 1.807) is 0 Å². The van der Waals surface area contributed by atoms with Gasteiger partial charge in [-0.15, -0.1) is 0 Å². The van der Waals surface area contributed by atoms with E-state index in [4.69, 9.17) is 5.14 Å². The zero-order valence-electron chi connectivity index (χ0n) is 10.6. The third kappa shape index (κ3) is 4.36. The highest BCUT2D eigenvalue weighted by Crippen LogP contribution is 2.15. The molecule has 4 nitrogen and oxygen atoms in total. The van der Waals surface area contributed by atoms with Gasteiger partial charge < -0.3 is 5.32 Å². The summed E-state index contributed by atoms with van der Waals surface area (Å²) in [5.41, 5.74) is 0.485. The smallest absolute Gasteiger partial charge is 0.238 e. The number of nitrogens with one attached hydrogen (secondary N) is 1. The lowest BCUT2D eigenvalue weighted by atomic mass is 10.1. The number of primary sulfonamides is 1. The van der Waals surface area contributed by atoms with Crippen molar-refractivity contribution in [1.29, 1.82) is 0 Å². The highest BCUT2D eigenvalue weighted by atomic mass is 32.2. The van der Waals surface area contributed by atoms with Gasteiger partial charge in [-0.05, 0) is 44.0 Å². The zero-order valence-corrected chi connectivity index (χ0v) is 11.4. The highest BCUT2D eigenvalue weighted by molar-refractivity contribution is 7.89. The molecule has 1 aromatic rings. The molecular formula is C12H19FN2O2S. The van der Waals surface area contributed by atoms with Crippen LogP contribution in [0.4, 0.5) is 4.39 Å². The van der Waals surface area contributed by atoms with Gasteiger partial charge in [-0.2, -0.15) is 0 Å². The topological polar surface area (TPSA) is 72.2 Å². The van der Waals surface area contributed by atoms with E-state index in [0.29, 0.717) is 12.0 Å². The first-order chi connectivity index (χ1) is 8.34. The van der Waals surface area contributed by atoms with Crippen LogP contribution in [-0.4, -0.2) is 21.0 Å². The van der Waals surface area contributed by atoms with Crippen LogP contribution in [0, 0.1) is 5.82 Å². The highest BCUT2D eigenvalue weighted by Gasteiger charge is 2.13. The van der Waals surface area contributed by atoms with Crippen LogP contribution in [0.3, 0.4) is 0 Å². The SMILES string of the molecule is CCCNC(C)Cc1ccc(S(N)(=O)=O)cc1F. The monoisotopic (exact) mass is 274 g/mol. The maximum Gasteiger partial charge on any atom is 0.238 e. The van der Waals surface area contributed by atoms with Crippen LogP contribution in [0.15, 0.2) is 23.1 Å². The number of nitrogens with two attached hydrogens (primary N) is 1. The lowest BCUT2D eigenvalue weighted by Gasteiger charge is -2.14. The molecule has 0 saturated carbocycles. The minimum Gasteiger partial charge on any atom is -0.314 e. The molecule has 0 radical (unpaired) electrons. The predicted octanol–water partition coefficient (Wildman–Crippen LogP) is 1.40. The van der Waals surface area contributed by atoms with Crippen LogP contribution < -0.4 is 10.5 Å². The molecule has 0 bridgehead atoms. The van der Waals surface area contributed by atoms with E-state index >= 15 is 0 Å². The summed E-state index contributed by atoms with van der Waals surface area (Å²) in [6.45, 7) is 4.89. The first-order valence-electron chi connectivity index (χ1n) is 5.89. The number of hydrogen-bond acceptors (Lipinski definition) is 3. The van der Waals surface area contributed by atoms with E-state index in [-0.39, 0.29) is 10.9 Å². The largest absolute Gasteiger partial charge is 0.314 e. The van der Waals surface area contributed by atoms with Crippen LogP contribution in [0.2, 0.25) is 0 Å². The first-order valence-corrected chi connectivity index (χ1v) is 7.43. The van der Waals surface area contributed by atoms with Gasteiger partial charge >= 0.3 is 0 Å². The van der Waals surface area contributed by atoms with Gasteiger partial charge in [-0.1, -0.05) is 13.0 Å². The number of rotatable bonds is 6. The predicted molar refractivity (Wildman–Crippen MR) is 69.2 cm³/mol. The second-order valence-corrected chi connectivity index (χ2v) is 5.92. The van der Waals surface area contributed by atoms with Crippen LogP contribution in [-0.2, 0) is 16.4 Å². The van der Waals surface area contributed by atoms with Crippen molar-refractivity contribution in [2.45, 2.75) is 37.6 Å². The number of halogens is 1. The van der Waals surface area contributed by atoms with Gasteiger partial charge in [0.25, 0.3) is 0 Å². The Morgan fingerprint density at radius 1 is 1.44 bits per heavy atom. The number of sulfonamides is 1. The van der Waals surface area contributed by atoms with Crippen LogP contribution in [0.5, 0.6) is 0 Å². The van der Waals surface area contributed by atoms with E-state index in [1.165, 1.54) is 12.1 Å². The second kappa shape index (κ2) is 6.26. The van der Waals surface area contributed by atoms with E-state index in [9.17, 15) is 12.8 Å². The Labute approximate surface area is 107 Å². The number of benzene rings is 1. The lowest BCUT2D eigenvalue weighted by Crippen LogP contribution is -2.29. The fraction of sp³-hybridized carbons (Fsp3) is 0.500. The fourth-order valence-electron chi connectivity index (χ4n) is 1.66. The molecule has 0 heterocycles. The Morgan fingerprint density at radius 2 is 2.11 bits per heavy atom. The Kier molecular flexibility index (Phi) is 5.25. The third-order valence-electron chi connectivity index (χ3n) is 2.62. The maximum absolute atomic E-state index is 13.7. The summed E-state index contributed by atoms with van der Waals surface area (Å²) in [7, 11) is -3.84. The molecule has 0 saturated heterocycles. The lowest BCUT2D eigenvalue weighted by molar-refractivity contribution is 0.524. The molecule has 0 spiro atoms. The Hall–Kier alpha value is -0.980. The minimum atomic E-state index is -3.84. The zero-order chi connectivity index (χ0) is 13.8. The fourth-order valence-corrected chi connectivity index (χ4v) is 2.19. The van der Waals surface area contributed by atoms with E-state index in [2.05, 4.69) is 12.2 Å². The molecule has 3 N–H and O–H groups in total. The summed E-state index contributed by atoms with van der Waals surface area (Å²) in [5, 5.41) is 8.18. The second-order valence-electron chi connectivity index (χ2n) is 4.36. The molecule has 0 aromatic heterocycles. The van der Waals surface area contributed by atoms with Gasteiger partial charge in [0.15, 0.2) is 0 Å². The van der Waals surface area contributed by atoms with Gasteiger partial charge in [0.2, 0.25) is 10.0 Å². The Bertz CT molecular complexity index is 503. The van der Waals surface area contributed by atoms with E-state index in [0.717, 1.165) is 19.0 Å². The van der Waals surface area contributed by atoms with E-state index < -0.39 is 15.8 Å². The average molecular weight is 274 g/mol. The third-order valence-corrected chi connectivity index (χ3v) is 3.53. The summed E-state index contributed by atoms with van der Waals surface area (Å²) < 4.78 is 35.8. The van der Waals surface area contributed by atoms with Gasteiger partial charge in [-0.25, -0.2) is 17.9 Å². The quantitative estimate of drug-likeness (QED) is 0.823. The molecule has 0 amide bonds. The molecule has 1 unspecified atom stereocenters. The molecule has 1 rings (SSSR count). The van der Waals surface area contributed by atoms with Gasteiger partial charge in [0.05, 0.1) is 4.90 Å². The molecular weight excluding hydrogens is 255 g/mol. The molecule has 0 aliphatic heterocycles. The van der Waals surface area contributed by atoms with Crippen molar-refractivity contribution in [3.8, 4) is 0 Å². The normalized spacial score (nSPS) is 13.6. The van der Waals surface area contributed by atoms with Crippen molar-refractivity contribution in [2.75, 3.05) is 6.54 Å². The first kappa shape index (κ1) is 15.1. The molecule has 102 valence electrons. The summed E-state index contributed by atoms with van der Waals surface area (Å²) in [6, 6.07) is 3.91. The molecule has 6 heteroatoms. The molecule has 0 aliphatic rings. The number of hydrogen-bond donors (Lipinski definition) is 2. The minimum absolute atomic E-state index is 0.139. The van der Waals surface area contributed by atoms with Crippen molar-refractivity contribution < 1.29 is 12.8 Å². The molecule has 0 aliphatic carbocycles. The molecule has 1 aromatic carbocycles. The van der Waals surface area contributed by atoms with Crippen LogP contribution in [0.1, 0.15) is 25.8 Å². The van der Waals surface area contributed by atoms with Crippen LogP contribution in [0.25, 0.3) is 0 Å². The van der Waals surface area contributed by atoms with Crippen molar-refractivity contribution in [3.63, 3.8) is 0 Å².